The van der Waals surface area contributed by atoms with Gasteiger partial charge in [-0.05, 0) is 24.7 Å². The molecule has 0 aromatic heterocycles. The fraction of sp³-hybridized carbons (Fsp3) is 0.350. The van der Waals surface area contributed by atoms with Crippen molar-refractivity contribution in [3.63, 3.8) is 0 Å². The molecule has 4 nitrogen and oxygen atoms in total. The number of rotatable bonds is 6. The molecule has 0 saturated carbocycles. The van der Waals surface area contributed by atoms with Gasteiger partial charge in [-0.2, -0.15) is 0 Å². The highest BCUT2D eigenvalue weighted by Gasteiger charge is 2.17. The molecule has 0 radical (unpaired) electrons. The second-order valence-corrected chi connectivity index (χ2v) is 6.30. The molecule has 0 unspecified atom stereocenters. The largest absolute Gasteiger partial charge is 0.489 e. The van der Waals surface area contributed by atoms with Gasteiger partial charge in [-0.15, -0.1) is 0 Å². The summed E-state index contributed by atoms with van der Waals surface area (Å²) in [5, 5.41) is 0. The minimum atomic E-state index is 0.157. The van der Waals surface area contributed by atoms with Crippen molar-refractivity contribution in [1.82, 2.24) is 9.80 Å². The maximum absolute atomic E-state index is 12.5. The van der Waals surface area contributed by atoms with Gasteiger partial charge in [0, 0.05) is 31.7 Å². The number of carbonyl (C=O) groups excluding carboxylic acids is 1. The number of ketones is 1. The zero-order valence-corrected chi connectivity index (χ0v) is 14.1. The number of carbonyl (C=O) groups is 1. The van der Waals surface area contributed by atoms with E-state index in [1.165, 1.54) is 0 Å². The van der Waals surface area contributed by atoms with Gasteiger partial charge >= 0.3 is 0 Å². The van der Waals surface area contributed by atoms with Crippen LogP contribution < -0.4 is 4.74 Å². The predicted octanol–water partition coefficient (Wildman–Crippen LogP) is 2.70. The van der Waals surface area contributed by atoms with Crippen LogP contribution in [0.2, 0.25) is 0 Å². The van der Waals surface area contributed by atoms with E-state index in [9.17, 15) is 4.79 Å². The van der Waals surface area contributed by atoms with Crippen molar-refractivity contribution in [2.24, 2.45) is 0 Å². The first-order valence-electron chi connectivity index (χ1n) is 8.41. The summed E-state index contributed by atoms with van der Waals surface area (Å²) in [6.45, 7) is 4.94. The molecule has 2 aromatic carbocycles. The van der Waals surface area contributed by atoms with Crippen LogP contribution in [0, 0.1) is 0 Å². The van der Waals surface area contributed by atoms with Crippen LogP contribution in [0.25, 0.3) is 0 Å². The fourth-order valence-electron chi connectivity index (χ4n) is 2.80. The summed E-state index contributed by atoms with van der Waals surface area (Å²) in [6.07, 6.45) is 0. The van der Waals surface area contributed by atoms with Crippen LogP contribution in [0.5, 0.6) is 5.75 Å². The Morgan fingerprint density at radius 3 is 2.50 bits per heavy atom. The molecular weight excluding hydrogens is 300 g/mol. The third kappa shape index (κ3) is 4.66. The smallest absolute Gasteiger partial charge is 0.176 e. The molecule has 24 heavy (non-hydrogen) atoms. The molecule has 1 fully saturated rings. The molecular formula is C20H24N2O2. The second-order valence-electron chi connectivity index (χ2n) is 6.30. The Hall–Kier alpha value is -2.17. The lowest BCUT2D eigenvalue weighted by Gasteiger charge is -2.31. The average Bonchev–Trinajstić information content (AvgIpc) is 2.63. The van der Waals surface area contributed by atoms with Crippen LogP contribution in [0.15, 0.2) is 54.6 Å². The summed E-state index contributed by atoms with van der Waals surface area (Å²) in [4.78, 5) is 17.0. The third-order valence-electron chi connectivity index (χ3n) is 4.37. The molecule has 1 aliphatic rings. The van der Waals surface area contributed by atoms with E-state index in [1.54, 1.807) is 0 Å². The number of hydrogen-bond acceptors (Lipinski definition) is 4. The highest BCUT2D eigenvalue weighted by atomic mass is 16.5. The first-order valence-corrected chi connectivity index (χ1v) is 8.41. The van der Waals surface area contributed by atoms with Gasteiger partial charge in [0.15, 0.2) is 5.78 Å². The SMILES string of the molecule is CN1CCN(CC(=O)c2cccc(OCc3ccccc3)c2)CC1. The van der Waals surface area contributed by atoms with Crippen molar-refractivity contribution >= 4 is 5.78 Å². The number of ether oxygens (including phenoxy) is 1. The van der Waals surface area contributed by atoms with Gasteiger partial charge in [-0.3, -0.25) is 9.69 Å². The van der Waals surface area contributed by atoms with Crippen LogP contribution in [0.1, 0.15) is 15.9 Å². The Balaban J connectivity index is 1.57. The van der Waals surface area contributed by atoms with Crippen LogP contribution >= 0.6 is 0 Å². The number of piperazine rings is 1. The Morgan fingerprint density at radius 1 is 1.00 bits per heavy atom. The van der Waals surface area contributed by atoms with Crippen molar-refractivity contribution in [3.8, 4) is 5.75 Å². The molecule has 0 aliphatic carbocycles. The summed E-state index contributed by atoms with van der Waals surface area (Å²) in [5.41, 5.74) is 1.84. The van der Waals surface area contributed by atoms with Gasteiger partial charge in [0.05, 0.1) is 6.54 Å². The number of benzene rings is 2. The zero-order chi connectivity index (χ0) is 16.8. The van der Waals surface area contributed by atoms with E-state index >= 15 is 0 Å². The number of likely N-dealkylation sites (N-methyl/N-ethyl adjacent to an activating group) is 1. The predicted molar refractivity (Wildman–Crippen MR) is 95.5 cm³/mol. The molecule has 0 amide bonds. The molecule has 2 aromatic rings. The first-order chi connectivity index (χ1) is 11.7. The van der Waals surface area contributed by atoms with E-state index in [0.717, 1.165) is 43.1 Å². The van der Waals surface area contributed by atoms with Crippen molar-refractivity contribution in [1.29, 1.82) is 0 Å². The highest BCUT2D eigenvalue weighted by molar-refractivity contribution is 5.97. The summed E-state index contributed by atoms with van der Waals surface area (Å²) < 4.78 is 5.81. The van der Waals surface area contributed by atoms with Gasteiger partial charge in [-0.25, -0.2) is 0 Å². The van der Waals surface area contributed by atoms with Crippen LogP contribution in [-0.2, 0) is 6.61 Å². The van der Waals surface area contributed by atoms with Crippen LogP contribution in [-0.4, -0.2) is 55.4 Å². The minimum absolute atomic E-state index is 0.157. The van der Waals surface area contributed by atoms with Gasteiger partial charge < -0.3 is 9.64 Å². The quantitative estimate of drug-likeness (QED) is 0.765. The number of nitrogens with zero attached hydrogens (tertiary/aromatic N) is 2. The standard InChI is InChI=1S/C20H24N2O2/c1-21-10-12-22(13-11-21)15-20(23)18-8-5-9-19(14-18)24-16-17-6-3-2-4-7-17/h2-9,14H,10-13,15-16H2,1H3. The van der Waals surface area contributed by atoms with Crippen LogP contribution in [0.3, 0.4) is 0 Å². The lowest BCUT2D eigenvalue weighted by atomic mass is 10.1. The second kappa shape index (κ2) is 8.08. The van der Waals surface area contributed by atoms with Crippen molar-refractivity contribution in [2.45, 2.75) is 6.61 Å². The van der Waals surface area contributed by atoms with E-state index in [4.69, 9.17) is 4.74 Å². The van der Waals surface area contributed by atoms with E-state index in [0.29, 0.717) is 13.2 Å². The van der Waals surface area contributed by atoms with E-state index in [1.807, 2.05) is 54.6 Å². The van der Waals surface area contributed by atoms with Gasteiger partial charge in [0.25, 0.3) is 0 Å². The summed E-state index contributed by atoms with van der Waals surface area (Å²) in [6, 6.07) is 17.5. The molecule has 0 N–H and O–H groups in total. The lowest BCUT2D eigenvalue weighted by Crippen LogP contribution is -2.46. The normalized spacial score (nSPS) is 16.0. The Morgan fingerprint density at radius 2 is 1.75 bits per heavy atom. The lowest BCUT2D eigenvalue weighted by molar-refractivity contribution is 0.0876. The maximum Gasteiger partial charge on any atom is 0.176 e. The molecule has 0 bridgehead atoms. The average molecular weight is 324 g/mol. The summed E-state index contributed by atoms with van der Waals surface area (Å²) in [5.74, 6) is 0.896. The fourth-order valence-corrected chi connectivity index (χ4v) is 2.80. The Bertz CT molecular complexity index is 664. The van der Waals surface area contributed by atoms with Crippen molar-refractivity contribution in [3.05, 3.63) is 65.7 Å². The maximum atomic E-state index is 12.5. The summed E-state index contributed by atoms with van der Waals surface area (Å²) in [7, 11) is 2.12. The van der Waals surface area contributed by atoms with Gasteiger partial charge in [0.2, 0.25) is 0 Å². The Kier molecular flexibility index (Phi) is 5.62. The van der Waals surface area contributed by atoms with E-state index < -0.39 is 0 Å². The van der Waals surface area contributed by atoms with Crippen LogP contribution in [0.4, 0.5) is 0 Å². The van der Waals surface area contributed by atoms with Crippen molar-refractivity contribution < 1.29 is 9.53 Å². The monoisotopic (exact) mass is 324 g/mol. The van der Waals surface area contributed by atoms with E-state index in [-0.39, 0.29) is 5.78 Å². The molecule has 1 aliphatic heterocycles. The molecule has 4 heteroatoms. The molecule has 1 heterocycles. The van der Waals surface area contributed by atoms with Gasteiger partial charge in [-0.1, -0.05) is 42.5 Å². The zero-order valence-electron chi connectivity index (χ0n) is 14.1. The van der Waals surface area contributed by atoms with Gasteiger partial charge in [0.1, 0.15) is 12.4 Å². The highest BCUT2D eigenvalue weighted by Crippen LogP contribution is 2.16. The topological polar surface area (TPSA) is 32.8 Å². The molecule has 126 valence electrons. The molecule has 3 rings (SSSR count). The molecule has 0 spiro atoms. The number of hydrogen-bond donors (Lipinski definition) is 0. The van der Waals surface area contributed by atoms with Crippen molar-refractivity contribution in [2.75, 3.05) is 39.8 Å². The summed E-state index contributed by atoms with van der Waals surface area (Å²) >= 11 is 0. The molecule has 0 atom stereocenters. The molecule has 1 saturated heterocycles. The van der Waals surface area contributed by atoms with E-state index in [2.05, 4.69) is 16.8 Å². The number of Topliss-reactive ketones (excluding diaryl/α,β-unsaturated/α-hetero) is 1. The third-order valence-corrected chi connectivity index (χ3v) is 4.37. The minimum Gasteiger partial charge on any atom is -0.489 e. The Labute approximate surface area is 143 Å². The first kappa shape index (κ1) is 16.7.